The van der Waals surface area contributed by atoms with Crippen LogP contribution in [0, 0.1) is 0 Å². The Hall–Kier alpha value is -1.76. The van der Waals surface area contributed by atoms with Crippen molar-refractivity contribution in [3.63, 3.8) is 0 Å². The first-order valence-electron chi connectivity index (χ1n) is 8.19. The fourth-order valence-electron chi connectivity index (χ4n) is 2.51. The van der Waals surface area contributed by atoms with Gasteiger partial charge in [0.15, 0.2) is 0 Å². The van der Waals surface area contributed by atoms with Gasteiger partial charge in [-0.2, -0.15) is 0 Å². The van der Waals surface area contributed by atoms with Crippen LogP contribution >= 0.6 is 0 Å². The summed E-state index contributed by atoms with van der Waals surface area (Å²) in [6.45, 7) is 3.07. The summed E-state index contributed by atoms with van der Waals surface area (Å²) in [5, 5.41) is 0. The normalized spacial score (nSPS) is 10.5. The average molecular weight is 282 g/mol. The number of ether oxygens (including phenoxy) is 1. The van der Waals surface area contributed by atoms with Crippen molar-refractivity contribution in [1.29, 1.82) is 0 Å². The Morgan fingerprint density at radius 2 is 1.38 bits per heavy atom. The molecule has 0 aliphatic carbocycles. The smallest absolute Gasteiger partial charge is 0.127 e. The number of benzene rings is 2. The van der Waals surface area contributed by atoms with E-state index < -0.39 is 0 Å². The predicted molar refractivity (Wildman–Crippen MR) is 90.7 cm³/mol. The van der Waals surface area contributed by atoms with Gasteiger partial charge < -0.3 is 4.74 Å². The van der Waals surface area contributed by atoms with Crippen molar-refractivity contribution in [3.8, 4) is 16.9 Å². The molecule has 0 amide bonds. The zero-order valence-corrected chi connectivity index (χ0v) is 13.1. The Morgan fingerprint density at radius 3 is 2.19 bits per heavy atom. The third-order valence-corrected chi connectivity index (χ3v) is 3.73. The van der Waals surface area contributed by atoms with Crippen LogP contribution < -0.4 is 4.74 Å². The molecule has 0 heterocycles. The molecular formula is C20H26O. The van der Waals surface area contributed by atoms with E-state index in [2.05, 4.69) is 49.4 Å². The van der Waals surface area contributed by atoms with Gasteiger partial charge in [-0.3, -0.25) is 0 Å². The summed E-state index contributed by atoms with van der Waals surface area (Å²) in [7, 11) is 0. The maximum Gasteiger partial charge on any atom is 0.127 e. The van der Waals surface area contributed by atoms with Crippen molar-refractivity contribution in [3.05, 3.63) is 54.6 Å². The van der Waals surface area contributed by atoms with E-state index in [1.54, 1.807) is 0 Å². The Bertz CT molecular complexity index is 504. The van der Waals surface area contributed by atoms with E-state index in [4.69, 9.17) is 4.74 Å². The number of para-hydroxylation sites is 1. The molecule has 112 valence electrons. The van der Waals surface area contributed by atoms with Gasteiger partial charge in [0.1, 0.15) is 5.75 Å². The first kappa shape index (κ1) is 15.6. The molecule has 0 spiro atoms. The molecule has 2 aromatic rings. The molecule has 1 heteroatoms. The topological polar surface area (TPSA) is 9.23 Å². The summed E-state index contributed by atoms with van der Waals surface area (Å²) >= 11 is 0. The molecule has 0 N–H and O–H groups in total. The summed E-state index contributed by atoms with van der Waals surface area (Å²) in [5.74, 6) is 0.997. The van der Waals surface area contributed by atoms with Crippen LogP contribution in [0.2, 0.25) is 0 Å². The van der Waals surface area contributed by atoms with Crippen molar-refractivity contribution < 1.29 is 4.74 Å². The molecule has 0 aliphatic rings. The largest absolute Gasteiger partial charge is 0.493 e. The highest BCUT2D eigenvalue weighted by Crippen LogP contribution is 2.29. The third-order valence-electron chi connectivity index (χ3n) is 3.73. The van der Waals surface area contributed by atoms with E-state index in [0.717, 1.165) is 18.8 Å². The van der Waals surface area contributed by atoms with Gasteiger partial charge in [0.2, 0.25) is 0 Å². The lowest BCUT2D eigenvalue weighted by atomic mass is 10.0. The van der Waals surface area contributed by atoms with E-state index >= 15 is 0 Å². The summed E-state index contributed by atoms with van der Waals surface area (Å²) in [6, 6.07) is 18.8. The second-order valence-corrected chi connectivity index (χ2v) is 5.48. The quantitative estimate of drug-likeness (QED) is 0.505. The van der Waals surface area contributed by atoms with E-state index in [0.29, 0.717) is 0 Å². The van der Waals surface area contributed by atoms with Gasteiger partial charge >= 0.3 is 0 Å². The molecule has 0 aromatic heterocycles. The molecule has 0 atom stereocenters. The number of hydrogen-bond acceptors (Lipinski definition) is 1. The van der Waals surface area contributed by atoms with Crippen molar-refractivity contribution in [2.75, 3.05) is 6.61 Å². The molecule has 0 unspecified atom stereocenters. The number of unbranched alkanes of at least 4 members (excludes halogenated alkanes) is 5. The molecule has 2 rings (SSSR count). The van der Waals surface area contributed by atoms with Crippen LogP contribution in [0.3, 0.4) is 0 Å². The minimum Gasteiger partial charge on any atom is -0.493 e. The minimum atomic E-state index is 0.815. The van der Waals surface area contributed by atoms with Gasteiger partial charge in [-0.1, -0.05) is 87.6 Å². The molecule has 0 radical (unpaired) electrons. The monoisotopic (exact) mass is 282 g/mol. The van der Waals surface area contributed by atoms with Crippen LogP contribution in [-0.2, 0) is 0 Å². The molecule has 0 saturated heterocycles. The van der Waals surface area contributed by atoms with E-state index in [1.165, 1.54) is 43.2 Å². The lowest BCUT2D eigenvalue weighted by Gasteiger charge is -2.11. The molecule has 0 bridgehead atoms. The highest BCUT2D eigenvalue weighted by Gasteiger charge is 2.04. The van der Waals surface area contributed by atoms with Crippen molar-refractivity contribution in [2.45, 2.75) is 45.4 Å². The maximum atomic E-state index is 6.00. The van der Waals surface area contributed by atoms with Crippen LogP contribution in [0.4, 0.5) is 0 Å². The first-order valence-corrected chi connectivity index (χ1v) is 8.19. The van der Waals surface area contributed by atoms with Crippen LogP contribution in [0.5, 0.6) is 5.75 Å². The maximum absolute atomic E-state index is 6.00. The van der Waals surface area contributed by atoms with Gasteiger partial charge in [0.25, 0.3) is 0 Å². The van der Waals surface area contributed by atoms with Gasteiger partial charge in [0, 0.05) is 5.56 Å². The average Bonchev–Trinajstić information content (AvgIpc) is 2.55. The van der Waals surface area contributed by atoms with Gasteiger partial charge in [-0.25, -0.2) is 0 Å². The highest BCUT2D eigenvalue weighted by atomic mass is 16.5. The first-order chi connectivity index (χ1) is 10.4. The lowest BCUT2D eigenvalue weighted by molar-refractivity contribution is 0.305. The molecular weight excluding hydrogens is 256 g/mol. The molecule has 0 fully saturated rings. The van der Waals surface area contributed by atoms with Crippen molar-refractivity contribution in [1.82, 2.24) is 0 Å². The molecule has 0 aliphatic heterocycles. The predicted octanol–water partition coefficient (Wildman–Crippen LogP) is 6.09. The number of hydrogen-bond donors (Lipinski definition) is 0. The summed E-state index contributed by atoms with van der Waals surface area (Å²) in [5.41, 5.74) is 2.40. The molecule has 1 nitrogen and oxygen atoms in total. The lowest BCUT2D eigenvalue weighted by Crippen LogP contribution is -1.98. The van der Waals surface area contributed by atoms with Gasteiger partial charge in [-0.15, -0.1) is 0 Å². The Kier molecular flexibility index (Phi) is 6.87. The SMILES string of the molecule is CCCCCCCCOc1ccccc1-c1ccccc1. The van der Waals surface area contributed by atoms with Crippen molar-refractivity contribution in [2.24, 2.45) is 0 Å². The highest BCUT2D eigenvalue weighted by molar-refractivity contribution is 5.70. The standard InChI is InChI=1S/C20H26O/c1-2-3-4-5-6-12-17-21-20-16-11-10-15-19(20)18-13-8-7-9-14-18/h7-11,13-16H,2-6,12,17H2,1H3. The molecule has 21 heavy (non-hydrogen) atoms. The summed E-state index contributed by atoms with van der Waals surface area (Å²) in [4.78, 5) is 0. The van der Waals surface area contributed by atoms with Gasteiger partial charge in [0.05, 0.1) is 6.61 Å². The van der Waals surface area contributed by atoms with E-state index in [-0.39, 0.29) is 0 Å². The zero-order valence-electron chi connectivity index (χ0n) is 13.1. The second-order valence-electron chi connectivity index (χ2n) is 5.48. The Morgan fingerprint density at radius 1 is 0.714 bits per heavy atom. The second kappa shape index (κ2) is 9.23. The minimum absolute atomic E-state index is 0.815. The Balaban J connectivity index is 1.84. The molecule has 0 saturated carbocycles. The summed E-state index contributed by atoms with van der Waals surface area (Å²) < 4.78 is 6.00. The van der Waals surface area contributed by atoms with Crippen LogP contribution in [-0.4, -0.2) is 6.61 Å². The number of rotatable bonds is 9. The summed E-state index contributed by atoms with van der Waals surface area (Å²) in [6.07, 6.45) is 7.77. The van der Waals surface area contributed by atoms with E-state index in [9.17, 15) is 0 Å². The van der Waals surface area contributed by atoms with Crippen LogP contribution in [0.15, 0.2) is 54.6 Å². The van der Waals surface area contributed by atoms with Crippen molar-refractivity contribution >= 4 is 0 Å². The van der Waals surface area contributed by atoms with Gasteiger partial charge in [-0.05, 0) is 18.1 Å². The van der Waals surface area contributed by atoms with E-state index in [1.807, 2.05) is 12.1 Å². The fraction of sp³-hybridized carbons (Fsp3) is 0.400. The Labute approximate surface area is 129 Å². The third kappa shape index (κ3) is 5.26. The van der Waals surface area contributed by atoms with Crippen LogP contribution in [0.25, 0.3) is 11.1 Å². The fourth-order valence-corrected chi connectivity index (χ4v) is 2.51. The van der Waals surface area contributed by atoms with Crippen LogP contribution in [0.1, 0.15) is 45.4 Å². The zero-order chi connectivity index (χ0) is 14.8. The molecule has 2 aromatic carbocycles.